The van der Waals surface area contributed by atoms with Crippen molar-refractivity contribution in [3.05, 3.63) is 42.0 Å². The Morgan fingerprint density at radius 3 is 2.36 bits per heavy atom. The number of pyridine rings is 1. The fourth-order valence-corrected chi connectivity index (χ4v) is 4.78. The number of benzene rings is 1. The first kappa shape index (κ1) is 25.3. The SMILES string of the molecule is CCn1c(SCC(=O)N2CCCN2C(=O)c2ccc(OC)nc2OC)nnc1-c1ccc(OC)cc1. The second-order valence-electron chi connectivity index (χ2n) is 7.78. The summed E-state index contributed by atoms with van der Waals surface area (Å²) >= 11 is 1.29. The number of carbonyl (C=O) groups is 2. The lowest BCUT2D eigenvalue weighted by Crippen LogP contribution is -2.45. The van der Waals surface area contributed by atoms with E-state index in [1.165, 1.54) is 36.0 Å². The molecule has 1 saturated heterocycles. The van der Waals surface area contributed by atoms with Crippen LogP contribution in [0.25, 0.3) is 11.4 Å². The number of methoxy groups -OCH3 is 3. The molecule has 11 nitrogen and oxygen atoms in total. The van der Waals surface area contributed by atoms with Gasteiger partial charge in [-0.2, -0.15) is 4.98 Å². The van der Waals surface area contributed by atoms with E-state index in [0.717, 1.165) is 11.3 Å². The number of ether oxygens (including phenoxy) is 3. The number of aromatic nitrogens is 4. The summed E-state index contributed by atoms with van der Waals surface area (Å²) in [5.74, 6) is 1.53. The summed E-state index contributed by atoms with van der Waals surface area (Å²) in [5.41, 5.74) is 1.17. The van der Waals surface area contributed by atoms with Crippen LogP contribution in [0, 0.1) is 0 Å². The minimum Gasteiger partial charge on any atom is -0.497 e. The quantitative estimate of drug-likeness (QED) is 0.400. The summed E-state index contributed by atoms with van der Waals surface area (Å²) in [6.45, 7) is 3.52. The molecule has 1 aliphatic heterocycles. The molecule has 0 atom stereocenters. The van der Waals surface area contributed by atoms with Gasteiger partial charge in [0.1, 0.15) is 11.3 Å². The fraction of sp³-hybridized carbons (Fsp3) is 0.375. The number of hydrogen-bond donors (Lipinski definition) is 0. The van der Waals surface area contributed by atoms with Gasteiger partial charge in [-0.3, -0.25) is 14.6 Å². The zero-order chi connectivity index (χ0) is 25.7. The van der Waals surface area contributed by atoms with Gasteiger partial charge < -0.3 is 18.8 Å². The van der Waals surface area contributed by atoms with Gasteiger partial charge in [-0.15, -0.1) is 10.2 Å². The summed E-state index contributed by atoms with van der Waals surface area (Å²) in [5, 5.41) is 12.2. The fourth-order valence-electron chi connectivity index (χ4n) is 3.91. The van der Waals surface area contributed by atoms with E-state index < -0.39 is 0 Å². The molecule has 2 aromatic heterocycles. The molecule has 1 fully saturated rings. The van der Waals surface area contributed by atoms with Crippen LogP contribution >= 0.6 is 11.8 Å². The van der Waals surface area contributed by atoms with E-state index in [2.05, 4.69) is 15.2 Å². The third kappa shape index (κ3) is 5.08. The van der Waals surface area contributed by atoms with Crippen LogP contribution in [0.3, 0.4) is 0 Å². The zero-order valence-corrected chi connectivity index (χ0v) is 21.4. The maximum atomic E-state index is 13.3. The van der Waals surface area contributed by atoms with E-state index in [1.54, 1.807) is 19.2 Å². The van der Waals surface area contributed by atoms with E-state index in [4.69, 9.17) is 14.2 Å². The molecule has 0 radical (unpaired) electrons. The van der Waals surface area contributed by atoms with Crippen molar-refractivity contribution in [3.63, 3.8) is 0 Å². The normalized spacial score (nSPS) is 13.1. The van der Waals surface area contributed by atoms with Crippen molar-refractivity contribution in [2.24, 2.45) is 0 Å². The van der Waals surface area contributed by atoms with Crippen LogP contribution in [0.15, 0.2) is 41.6 Å². The number of thioether (sulfide) groups is 1. The highest BCUT2D eigenvalue weighted by Crippen LogP contribution is 2.27. The summed E-state index contributed by atoms with van der Waals surface area (Å²) in [4.78, 5) is 30.6. The third-order valence-corrected chi connectivity index (χ3v) is 6.68. The number of rotatable bonds is 9. The standard InChI is InChI=1S/C24H28N6O5S/c1-5-28-21(16-7-9-17(33-2)10-8-16)26-27-24(28)36-15-20(31)29-13-6-14-30(29)23(32)18-11-12-19(34-3)25-22(18)35-4/h7-12H,5-6,13-15H2,1-4H3. The highest BCUT2D eigenvalue weighted by Gasteiger charge is 2.33. The highest BCUT2D eigenvalue weighted by molar-refractivity contribution is 7.99. The number of carbonyl (C=O) groups excluding carboxylic acids is 2. The van der Waals surface area contributed by atoms with E-state index in [-0.39, 0.29) is 29.0 Å². The number of hydrazine groups is 1. The molecular formula is C24H28N6O5S. The van der Waals surface area contributed by atoms with E-state index >= 15 is 0 Å². The van der Waals surface area contributed by atoms with E-state index in [0.29, 0.717) is 42.9 Å². The average molecular weight is 513 g/mol. The van der Waals surface area contributed by atoms with Crippen LogP contribution < -0.4 is 14.2 Å². The number of nitrogens with zero attached hydrogens (tertiary/aromatic N) is 6. The molecule has 0 unspecified atom stereocenters. The van der Waals surface area contributed by atoms with E-state index in [9.17, 15) is 9.59 Å². The lowest BCUT2D eigenvalue weighted by Gasteiger charge is -2.28. The first-order valence-electron chi connectivity index (χ1n) is 11.4. The van der Waals surface area contributed by atoms with Gasteiger partial charge in [-0.25, -0.2) is 5.01 Å². The Balaban J connectivity index is 1.46. The molecule has 1 aromatic carbocycles. The van der Waals surface area contributed by atoms with Crippen molar-refractivity contribution >= 4 is 23.6 Å². The van der Waals surface area contributed by atoms with Gasteiger partial charge in [0.15, 0.2) is 11.0 Å². The van der Waals surface area contributed by atoms with Gasteiger partial charge in [-0.05, 0) is 43.7 Å². The predicted octanol–water partition coefficient (Wildman–Crippen LogP) is 2.77. The van der Waals surface area contributed by atoms with Gasteiger partial charge >= 0.3 is 0 Å². The van der Waals surface area contributed by atoms with Gasteiger partial charge in [0, 0.05) is 31.3 Å². The second-order valence-corrected chi connectivity index (χ2v) is 8.72. The predicted molar refractivity (Wildman–Crippen MR) is 133 cm³/mol. The molecule has 1 aliphatic rings. The van der Waals surface area contributed by atoms with Crippen molar-refractivity contribution in [3.8, 4) is 28.9 Å². The molecule has 3 heterocycles. The average Bonchev–Trinajstić information content (AvgIpc) is 3.58. The number of hydrogen-bond acceptors (Lipinski definition) is 9. The zero-order valence-electron chi connectivity index (χ0n) is 20.6. The monoisotopic (exact) mass is 512 g/mol. The van der Waals surface area contributed by atoms with E-state index in [1.807, 2.05) is 35.8 Å². The Morgan fingerprint density at radius 1 is 0.944 bits per heavy atom. The molecule has 3 aromatic rings. The Kier molecular flexibility index (Phi) is 7.93. The highest BCUT2D eigenvalue weighted by atomic mass is 32.2. The van der Waals surface area contributed by atoms with Crippen LogP contribution in [-0.4, -0.2) is 81.8 Å². The Bertz CT molecular complexity index is 1230. The van der Waals surface area contributed by atoms with Crippen molar-refractivity contribution in [2.75, 3.05) is 40.2 Å². The first-order valence-corrected chi connectivity index (χ1v) is 12.4. The Labute approximate surface area is 213 Å². The van der Waals surface area contributed by atoms with Crippen molar-refractivity contribution < 1.29 is 23.8 Å². The Morgan fingerprint density at radius 2 is 1.69 bits per heavy atom. The molecule has 0 saturated carbocycles. The Hall–Kier alpha value is -3.80. The molecule has 12 heteroatoms. The molecule has 0 aliphatic carbocycles. The number of amides is 2. The van der Waals surface area contributed by atoms with Crippen LogP contribution in [0.5, 0.6) is 17.5 Å². The minimum absolute atomic E-state index is 0.114. The van der Waals surface area contributed by atoms with Crippen molar-refractivity contribution in [1.82, 2.24) is 29.8 Å². The second kappa shape index (κ2) is 11.3. The maximum absolute atomic E-state index is 13.3. The lowest BCUT2D eigenvalue weighted by atomic mass is 10.2. The van der Waals surface area contributed by atoms with Crippen LogP contribution in [-0.2, 0) is 11.3 Å². The maximum Gasteiger partial charge on any atom is 0.277 e. The molecule has 0 bridgehead atoms. The summed E-state index contributed by atoms with van der Waals surface area (Å²) in [6.07, 6.45) is 0.681. The molecule has 2 amide bonds. The van der Waals surface area contributed by atoms with Crippen molar-refractivity contribution in [1.29, 1.82) is 0 Å². The minimum atomic E-state index is -0.351. The molecule has 0 N–H and O–H groups in total. The molecular weight excluding hydrogens is 484 g/mol. The van der Waals surface area contributed by atoms with Crippen LogP contribution in [0.1, 0.15) is 23.7 Å². The topological polar surface area (TPSA) is 112 Å². The van der Waals surface area contributed by atoms with Gasteiger partial charge in [-0.1, -0.05) is 11.8 Å². The first-order chi connectivity index (χ1) is 17.5. The lowest BCUT2D eigenvalue weighted by molar-refractivity contribution is -0.137. The third-order valence-electron chi connectivity index (χ3n) is 5.73. The largest absolute Gasteiger partial charge is 0.497 e. The smallest absolute Gasteiger partial charge is 0.277 e. The van der Waals surface area contributed by atoms with Crippen LogP contribution in [0.4, 0.5) is 0 Å². The molecule has 0 spiro atoms. The van der Waals surface area contributed by atoms with Gasteiger partial charge in [0.05, 0.1) is 27.1 Å². The molecule has 4 rings (SSSR count). The van der Waals surface area contributed by atoms with Gasteiger partial charge in [0.25, 0.3) is 11.8 Å². The molecule has 36 heavy (non-hydrogen) atoms. The van der Waals surface area contributed by atoms with Crippen LogP contribution in [0.2, 0.25) is 0 Å². The summed E-state index contributed by atoms with van der Waals surface area (Å²) < 4.78 is 17.6. The molecule has 190 valence electrons. The van der Waals surface area contributed by atoms with Crippen molar-refractivity contribution in [2.45, 2.75) is 25.0 Å². The summed E-state index contributed by atoms with van der Waals surface area (Å²) in [6, 6.07) is 10.8. The summed E-state index contributed by atoms with van der Waals surface area (Å²) in [7, 11) is 4.54. The van der Waals surface area contributed by atoms with Gasteiger partial charge in [0.2, 0.25) is 11.8 Å².